The molecule has 0 bridgehead atoms. The van der Waals surface area contributed by atoms with Gasteiger partial charge in [0.25, 0.3) is 0 Å². The van der Waals surface area contributed by atoms with Gasteiger partial charge in [-0.05, 0) is 37.5 Å². The predicted molar refractivity (Wildman–Crippen MR) is 121 cm³/mol. The maximum atomic E-state index is 13.4. The van der Waals surface area contributed by atoms with E-state index in [1.54, 1.807) is 6.07 Å². The van der Waals surface area contributed by atoms with Crippen LogP contribution in [0.4, 0.5) is 18.9 Å². The molecule has 3 fully saturated rings. The van der Waals surface area contributed by atoms with Gasteiger partial charge in [0.1, 0.15) is 0 Å². The first-order valence-electron chi connectivity index (χ1n) is 11.8. The number of amides is 1. The van der Waals surface area contributed by atoms with Gasteiger partial charge < -0.3 is 9.80 Å². The smallest absolute Gasteiger partial charge is 0.369 e. The fourth-order valence-electron chi connectivity index (χ4n) is 5.38. The highest BCUT2D eigenvalue weighted by atomic mass is 32.2. The molecule has 1 aliphatic carbocycles. The molecule has 1 amide bonds. The topological polar surface area (TPSA) is 60.9 Å². The van der Waals surface area contributed by atoms with E-state index in [0.717, 1.165) is 38.2 Å². The lowest BCUT2D eigenvalue weighted by molar-refractivity contribution is -0.138. The highest BCUT2D eigenvalue weighted by Crippen LogP contribution is 2.32. The average Bonchev–Trinajstić information content (AvgIpc) is 3.14. The molecule has 2 saturated heterocycles. The van der Waals surface area contributed by atoms with E-state index < -0.39 is 21.6 Å². The number of hydrogen-bond donors (Lipinski definition) is 0. The zero-order valence-electron chi connectivity index (χ0n) is 18.8. The Bertz CT molecular complexity index is 940. The van der Waals surface area contributed by atoms with Crippen molar-refractivity contribution in [2.24, 2.45) is 0 Å². The summed E-state index contributed by atoms with van der Waals surface area (Å²) in [5, 5.41) is 0. The van der Waals surface area contributed by atoms with Crippen molar-refractivity contribution in [2.45, 2.75) is 56.8 Å². The molecule has 0 radical (unpaired) electrons. The van der Waals surface area contributed by atoms with Crippen molar-refractivity contribution in [3.63, 3.8) is 0 Å². The van der Waals surface area contributed by atoms with E-state index in [-0.39, 0.29) is 36.0 Å². The van der Waals surface area contributed by atoms with Crippen LogP contribution in [-0.4, -0.2) is 80.4 Å². The van der Waals surface area contributed by atoms with Crippen LogP contribution in [0.3, 0.4) is 0 Å². The summed E-state index contributed by atoms with van der Waals surface area (Å²) < 4.78 is 63.3. The van der Waals surface area contributed by atoms with E-state index in [1.807, 2.05) is 14.7 Å². The molecule has 1 aromatic carbocycles. The highest BCUT2D eigenvalue weighted by Gasteiger charge is 2.39. The molecule has 0 N–H and O–H groups in total. The molecule has 1 atom stereocenters. The second-order valence-corrected chi connectivity index (χ2v) is 11.7. The number of nitrogens with zero attached hydrogens (tertiary/aromatic N) is 3. The molecule has 2 heterocycles. The number of sulfone groups is 1. The van der Waals surface area contributed by atoms with E-state index in [1.165, 1.54) is 12.1 Å². The zero-order valence-corrected chi connectivity index (χ0v) is 19.6. The normalized spacial score (nSPS) is 24.7. The monoisotopic (exact) mass is 487 g/mol. The molecule has 1 aromatic rings. The van der Waals surface area contributed by atoms with Gasteiger partial charge in [0.15, 0.2) is 9.84 Å². The summed E-state index contributed by atoms with van der Waals surface area (Å²) in [6.45, 7) is 2.45. The van der Waals surface area contributed by atoms with Crippen LogP contribution < -0.4 is 4.90 Å². The molecule has 1 saturated carbocycles. The van der Waals surface area contributed by atoms with Gasteiger partial charge in [-0.15, -0.1) is 0 Å². The second kappa shape index (κ2) is 9.82. The molecule has 10 heteroatoms. The molecular formula is C23H32F3N3O3S. The lowest BCUT2D eigenvalue weighted by Gasteiger charge is -2.41. The Morgan fingerprint density at radius 1 is 1.00 bits per heavy atom. The van der Waals surface area contributed by atoms with Crippen molar-refractivity contribution in [2.75, 3.05) is 49.1 Å². The first-order chi connectivity index (χ1) is 15.6. The van der Waals surface area contributed by atoms with Crippen LogP contribution in [-0.2, 0) is 20.8 Å². The fourth-order valence-corrected chi connectivity index (χ4v) is 7.09. The molecule has 3 aliphatic rings. The van der Waals surface area contributed by atoms with E-state index in [2.05, 4.69) is 0 Å². The summed E-state index contributed by atoms with van der Waals surface area (Å²) in [7, 11) is -3.09. The van der Waals surface area contributed by atoms with E-state index in [4.69, 9.17) is 0 Å². The van der Waals surface area contributed by atoms with Gasteiger partial charge in [-0.3, -0.25) is 9.69 Å². The van der Waals surface area contributed by atoms with Crippen molar-refractivity contribution in [1.29, 1.82) is 0 Å². The fraction of sp³-hybridized carbons (Fsp3) is 0.696. The Balaban J connectivity index is 1.38. The van der Waals surface area contributed by atoms with E-state index in [0.29, 0.717) is 38.3 Å². The molecule has 6 nitrogen and oxygen atoms in total. The first kappa shape index (κ1) is 24.3. The van der Waals surface area contributed by atoms with Crippen molar-refractivity contribution in [3.8, 4) is 0 Å². The van der Waals surface area contributed by atoms with Crippen LogP contribution in [0.15, 0.2) is 24.3 Å². The van der Waals surface area contributed by atoms with Crippen molar-refractivity contribution in [1.82, 2.24) is 9.80 Å². The Morgan fingerprint density at radius 2 is 1.70 bits per heavy atom. The largest absolute Gasteiger partial charge is 0.416 e. The number of carbonyl (C=O) groups excluding carboxylic acids is 1. The quantitative estimate of drug-likeness (QED) is 0.639. The number of rotatable bonds is 5. The average molecular weight is 488 g/mol. The number of piperazine rings is 1. The van der Waals surface area contributed by atoms with Gasteiger partial charge in [-0.25, -0.2) is 8.42 Å². The highest BCUT2D eigenvalue weighted by molar-refractivity contribution is 7.91. The van der Waals surface area contributed by atoms with Gasteiger partial charge in [-0.1, -0.05) is 25.3 Å². The summed E-state index contributed by atoms with van der Waals surface area (Å²) in [5.74, 6) is 0.180. The third kappa shape index (κ3) is 6.01. The predicted octanol–water partition coefficient (Wildman–Crippen LogP) is 3.18. The third-order valence-electron chi connectivity index (χ3n) is 7.13. The number of benzene rings is 1. The minimum absolute atomic E-state index is 0.0171. The van der Waals surface area contributed by atoms with Crippen LogP contribution in [0.25, 0.3) is 0 Å². The van der Waals surface area contributed by atoms with Crippen LogP contribution in [0.1, 0.15) is 44.1 Å². The maximum Gasteiger partial charge on any atom is 0.416 e. The van der Waals surface area contributed by atoms with Gasteiger partial charge in [-0.2, -0.15) is 13.2 Å². The van der Waals surface area contributed by atoms with Gasteiger partial charge in [0, 0.05) is 44.0 Å². The second-order valence-electron chi connectivity index (χ2n) is 9.46. The molecular weight excluding hydrogens is 455 g/mol. The molecule has 1 unspecified atom stereocenters. The minimum atomic E-state index is -4.37. The van der Waals surface area contributed by atoms with Crippen LogP contribution in [0.2, 0.25) is 0 Å². The first-order valence-corrected chi connectivity index (χ1v) is 13.6. The minimum Gasteiger partial charge on any atom is -0.369 e. The van der Waals surface area contributed by atoms with Gasteiger partial charge in [0.05, 0.1) is 23.6 Å². The van der Waals surface area contributed by atoms with Crippen LogP contribution >= 0.6 is 0 Å². The lowest BCUT2D eigenvalue weighted by Crippen LogP contribution is -2.54. The van der Waals surface area contributed by atoms with Crippen LogP contribution in [0, 0.1) is 0 Å². The molecule has 184 valence electrons. The molecule has 0 aromatic heterocycles. The Hall–Kier alpha value is -1.81. The number of halogens is 3. The maximum absolute atomic E-state index is 13.4. The van der Waals surface area contributed by atoms with Crippen molar-refractivity contribution < 1.29 is 26.4 Å². The molecule has 33 heavy (non-hydrogen) atoms. The SMILES string of the molecule is O=C(CN1CCN(c2cccc(C(F)(F)F)c2)CC1)N(C1CCCCC1)C1CCS(=O)(=O)C1. The zero-order chi connectivity index (χ0) is 23.6. The standard InChI is InChI=1S/C23H32F3N3O3S/c24-23(25,26)18-5-4-8-20(15-18)28-12-10-27(11-13-28)16-22(30)29(19-6-2-1-3-7-19)21-9-14-33(31,32)17-21/h4-5,8,15,19,21H,1-3,6-7,9-14,16-17H2. The lowest BCUT2D eigenvalue weighted by atomic mass is 9.92. The Kier molecular flexibility index (Phi) is 7.23. The third-order valence-corrected chi connectivity index (χ3v) is 8.88. The number of alkyl halides is 3. The van der Waals surface area contributed by atoms with Crippen molar-refractivity contribution >= 4 is 21.4 Å². The number of anilines is 1. The van der Waals surface area contributed by atoms with E-state index >= 15 is 0 Å². The molecule has 0 spiro atoms. The summed E-state index contributed by atoms with van der Waals surface area (Å²) in [6, 6.07) is 5.22. The summed E-state index contributed by atoms with van der Waals surface area (Å²) in [5.41, 5.74) is -0.122. The van der Waals surface area contributed by atoms with Crippen molar-refractivity contribution in [3.05, 3.63) is 29.8 Å². The van der Waals surface area contributed by atoms with Gasteiger partial charge in [0.2, 0.25) is 5.91 Å². The Morgan fingerprint density at radius 3 is 2.30 bits per heavy atom. The summed E-state index contributed by atoms with van der Waals surface area (Å²) >= 11 is 0. The summed E-state index contributed by atoms with van der Waals surface area (Å²) in [6.07, 6.45) is 1.25. The number of carbonyl (C=O) groups is 1. The Labute approximate surface area is 193 Å². The number of hydrogen-bond acceptors (Lipinski definition) is 5. The van der Waals surface area contributed by atoms with Crippen LogP contribution in [0.5, 0.6) is 0 Å². The van der Waals surface area contributed by atoms with Gasteiger partial charge >= 0.3 is 6.18 Å². The van der Waals surface area contributed by atoms with E-state index in [9.17, 15) is 26.4 Å². The molecule has 4 rings (SSSR count). The summed E-state index contributed by atoms with van der Waals surface area (Å²) in [4.78, 5) is 19.2. The molecule has 2 aliphatic heterocycles.